The van der Waals surface area contributed by atoms with Gasteiger partial charge >= 0.3 is 0 Å². The van der Waals surface area contributed by atoms with Crippen molar-refractivity contribution in [3.05, 3.63) is 77.7 Å². The molecule has 0 bridgehead atoms. The van der Waals surface area contributed by atoms with E-state index >= 15 is 0 Å². The van der Waals surface area contributed by atoms with E-state index in [1.54, 1.807) is 36.4 Å². The van der Waals surface area contributed by atoms with E-state index in [0.29, 0.717) is 18.0 Å². The third-order valence-electron chi connectivity index (χ3n) is 4.09. The molecule has 2 amide bonds. The molecule has 2 N–H and O–H groups in total. The lowest BCUT2D eigenvalue weighted by molar-refractivity contribution is -0.116. The van der Waals surface area contributed by atoms with Crippen molar-refractivity contribution in [1.82, 2.24) is 0 Å². The van der Waals surface area contributed by atoms with Crippen molar-refractivity contribution in [2.45, 2.75) is 20.3 Å². The van der Waals surface area contributed by atoms with Gasteiger partial charge in [-0.2, -0.15) is 0 Å². The van der Waals surface area contributed by atoms with Crippen LogP contribution in [0.4, 0.5) is 11.4 Å². The van der Waals surface area contributed by atoms with Gasteiger partial charge in [-0.1, -0.05) is 17.7 Å². The van der Waals surface area contributed by atoms with Gasteiger partial charge in [0.15, 0.2) is 5.76 Å². The van der Waals surface area contributed by atoms with Gasteiger partial charge in [0.05, 0.1) is 19.3 Å². The summed E-state index contributed by atoms with van der Waals surface area (Å²) in [5.74, 6) is 0.554. The molecule has 0 aliphatic heterocycles. The van der Waals surface area contributed by atoms with Crippen LogP contribution in [-0.2, 0) is 4.79 Å². The molecular formula is C22H22N2O4. The number of carbonyl (C=O) groups is 2. The van der Waals surface area contributed by atoms with Crippen molar-refractivity contribution in [2.24, 2.45) is 0 Å². The first kappa shape index (κ1) is 19.2. The lowest BCUT2D eigenvalue weighted by Gasteiger charge is -2.10. The molecule has 6 nitrogen and oxygen atoms in total. The summed E-state index contributed by atoms with van der Waals surface area (Å²) in [5, 5.41) is 5.53. The molecule has 28 heavy (non-hydrogen) atoms. The molecule has 0 aliphatic rings. The standard InChI is InChI=1S/C22H22N2O4/c1-15-5-10-19(16(2)14-15)28-13-11-21(25)23-17-6-8-18(9-7-17)24-22(26)20-4-3-12-27-20/h3-10,12,14H,11,13H2,1-2H3,(H,23,25)(H,24,26). The van der Waals surface area contributed by atoms with Crippen LogP contribution in [0.15, 0.2) is 65.3 Å². The molecule has 0 spiro atoms. The fourth-order valence-corrected chi connectivity index (χ4v) is 2.68. The second-order valence-electron chi connectivity index (χ2n) is 6.42. The lowest BCUT2D eigenvalue weighted by Crippen LogP contribution is -2.15. The molecule has 0 fully saturated rings. The zero-order valence-electron chi connectivity index (χ0n) is 15.8. The number of furan rings is 1. The average Bonchev–Trinajstić information content (AvgIpc) is 3.20. The number of hydrogen-bond acceptors (Lipinski definition) is 4. The summed E-state index contributed by atoms with van der Waals surface area (Å²) in [6.45, 7) is 4.31. The summed E-state index contributed by atoms with van der Waals surface area (Å²) < 4.78 is 10.7. The highest BCUT2D eigenvalue weighted by Crippen LogP contribution is 2.19. The highest BCUT2D eigenvalue weighted by molar-refractivity contribution is 6.02. The average molecular weight is 378 g/mol. The van der Waals surface area contributed by atoms with E-state index in [1.807, 2.05) is 32.0 Å². The maximum atomic E-state index is 12.1. The first-order chi connectivity index (χ1) is 13.5. The lowest BCUT2D eigenvalue weighted by atomic mass is 10.1. The van der Waals surface area contributed by atoms with Crippen molar-refractivity contribution in [2.75, 3.05) is 17.2 Å². The van der Waals surface area contributed by atoms with Crippen molar-refractivity contribution in [1.29, 1.82) is 0 Å². The molecule has 0 saturated heterocycles. The first-order valence-corrected chi connectivity index (χ1v) is 8.96. The first-order valence-electron chi connectivity index (χ1n) is 8.96. The quantitative estimate of drug-likeness (QED) is 0.632. The highest BCUT2D eigenvalue weighted by Gasteiger charge is 2.09. The number of aryl methyl sites for hydroxylation is 2. The Balaban J connectivity index is 1.45. The van der Waals surface area contributed by atoms with Crippen LogP contribution in [0, 0.1) is 13.8 Å². The number of ether oxygens (including phenoxy) is 1. The van der Waals surface area contributed by atoms with Crippen molar-refractivity contribution < 1.29 is 18.7 Å². The van der Waals surface area contributed by atoms with Gasteiger partial charge < -0.3 is 19.8 Å². The number of hydrogen-bond donors (Lipinski definition) is 2. The van der Waals surface area contributed by atoms with Gasteiger partial charge in [0.25, 0.3) is 5.91 Å². The predicted molar refractivity (Wildman–Crippen MR) is 108 cm³/mol. The summed E-state index contributed by atoms with van der Waals surface area (Å²) in [6.07, 6.45) is 1.68. The Morgan fingerprint density at radius 1 is 0.964 bits per heavy atom. The van der Waals surface area contributed by atoms with Crippen LogP contribution >= 0.6 is 0 Å². The fourth-order valence-electron chi connectivity index (χ4n) is 2.68. The molecule has 3 rings (SSSR count). The van der Waals surface area contributed by atoms with Crippen LogP contribution < -0.4 is 15.4 Å². The molecule has 0 unspecified atom stereocenters. The van der Waals surface area contributed by atoms with Gasteiger partial charge in [-0.3, -0.25) is 9.59 Å². The van der Waals surface area contributed by atoms with Crippen LogP contribution in [0.1, 0.15) is 28.1 Å². The number of carbonyl (C=O) groups excluding carboxylic acids is 2. The third-order valence-corrected chi connectivity index (χ3v) is 4.09. The largest absolute Gasteiger partial charge is 0.493 e. The van der Waals surface area contributed by atoms with E-state index < -0.39 is 0 Å². The summed E-state index contributed by atoms with van der Waals surface area (Å²) in [6, 6.07) is 16.0. The zero-order valence-corrected chi connectivity index (χ0v) is 15.8. The Kier molecular flexibility index (Phi) is 6.11. The van der Waals surface area contributed by atoms with Crippen LogP contribution in [0.3, 0.4) is 0 Å². The molecule has 1 heterocycles. The Morgan fingerprint density at radius 2 is 1.68 bits per heavy atom. The van der Waals surface area contributed by atoms with Crippen molar-refractivity contribution in [3.63, 3.8) is 0 Å². The van der Waals surface area contributed by atoms with E-state index in [1.165, 1.54) is 11.8 Å². The number of rotatable bonds is 7. The molecule has 0 atom stereocenters. The van der Waals surface area contributed by atoms with Gasteiger partial charge in [-0.05, 0) is 61.9 Å². The van der Waals surface area contributed by atoms with Crippen molar-refractivity contribution >= 4 is 23.2 Å². The van der Waals surface area contributed by atoms with Gasteiger partial charge in [0.1, 0.15) is 5.75 Å². The maximum Gasteiger partial charge on any atom is 0.291 e. The summed E-state index contributed by atoms with van der Waals surface area (Å²) in [7, 11) is 0. The second-order valence-corrected chi connectivity index (χ2v) is 6.42. The summed E-state index contributed by atoms with van der Waals surface area (Å²) >= 11 is 0. The predicted octanol–water partition coefficient (Wildman–Crippen LogP) is 4.56. The highest BCUT2D eigenvalue weighted by atomic mass is 16.5. The second kappa shape index (κ2) is 8.90. The Morgan fingerprint density at radius 3 is 2.32 bits per heavy atom. The van der Waals surface area contributed by atoms with E-state index in [4.69, 9.17) is 9.15 Å². The third kappa shape index (κ3) is 5.23. The van der Waals surface area contributed by atoms with Gasteiger partial charge in [0, 0.05) is 11.4 Å². The van der Waals surface area contributed by atoms with Gasteiger partial charge in [-0.15, -0.1) is 0 Å². The van der Waals surface area contributed by atoms with E-state index in [9.17, 15) is 9.59 Å². The van der Waals surface area contributed by atoms with Crippen LogP contribution in [-0.4, -0.2) is 18.4 Å². The minimum Gasteiger partial charge on any atom is -0.493 e. The van der Waals surface area contributed by atoms with Crippen molar-refractivity contribution in [3.8, 4) is 5.75 Å². The fraction of sp³-hybridized carbons (Fsp3) is 0.182. The number of amides is 2. The number of anilines is 2. The Labute approximate surface area is 163 Å². The number of nitrogens with one attached hydrogen (secondary N) is 2. The molecule has 144 valence electrons. The van der Waals surface area contributed by atoms with Gasteiger partial charge in [-0.25, -0.2) is 0 Å². The maximum absolute atomic E-state index is 12.1. The van der Waals surface area contributed by atoms with E-state index in [0.717, 1.165) is 11.3 Å². The van der Waals surface area contributed by atoms with Crippen LogP contribution in [0.25, 0.3) is 0 Å². The van der Waals surface area contributed by atoms with Crippen LogP contribution in [0.5, 0.6) is 5.75 Å². The van der Waals surface area contributed by atoms with E-state index in [2.05, 4.69) is 10.6 Å². The Bertz CT molecular complexity index is 947. The molecule has 0 saturated carbocycles. The topological polar surface area (TPSA) is 80.6 Å². The van der Waals surface area contributed by atoms with Crippen LogP contribution in [0.2, 0.25) is 0 Å². The molecular weight excluding hydrogens is 356 g/mol. The van der Waals surface area contributed by atoms with Gasteiger partial charge in [0.2, 0.25) is 5.91 Å². The zero-order chi connectivity index (χ0) is 19.9. The minimum atomic E-state index is -0.328. The monoisotopic (exact) mass is 378 g/mol. The summed E-state index contributed by atoms with van der Waals surface area (Å²) in [5.41, 5.74) is 3.48. The minimum absolute atomic E-state index is 0.142. The molecule has 6 heteroatoms. The normalized spacial score (nSPS) is 10.4. The molecule has 1 aromatic heterocycles. The summed E-state index contributed by atoms with van der Waals surface area (Å²) in [4.78, 5) is 24.0. The molecule has 3 aromatic rings. The molecule has 0 radical (unpaired) electrons. The van der Waals surface area contributed by atoms with E-state index in [-0.39, 0.29) is 24.0 Å². The Hall–Kier alpha value is -3.54. The number of benzene rings is 2. The molecule has 0 aliphatic carbocycles. The smallest absolute Gasteiger partial charge is 0.291 e. The SMILES string of the molecule is Cc1ccc(OCCC(=O)Nc2ccc(NC(=O)c3ccco3)cc2)c(C)c1. The molecule has 2 aromatic carbocycles.